The number of aryl methyl sites for hydroxylation is 1. The monoisotopic (exact) mass is 499 g/mol. The van der Waals surface area contributed by atoms with E-state index in [-0.39, 0.29) is 23.4 Å². The Kier molecular flexibility index (Phi) is 13.1. The van der Waals surface area contributed by atoms with Crippen LogP contribution in [-0.4, -0.2) is 62.1 Å². The predicted octanol–water partition coefficient (Wildman–Crippen LogP) is 4.97. The number of ether oxygens (including phenoxy) is 1. The molecule has 198 valence electrons. The molecule has 1 saturated heterocycles. The molecule has 36 heavy (non-hydrogen) atoms. The van der Waals surface area contributed by atoms with E-state index in [0.717, 1.165) is 25.8 Å². The number of hydrogen-bond acceptors (Lipinski definition) is 4. The number of nitrogens with one attached hydrogen (secondary N) is 2. The lowest BCUT2D eigenvalue weighted by molar-refractivity contribution is 0.0626. The van der Waals surface area contributed by atoms with Gasteiger partial charge in [-0.2, -0.15) is 0 Å². The van der Waals surface area contributed by atoms with Gasteiger partial charge in [0.1, 0.15) is 5.82 Å². The Morgan fingerprint density at radius 2 is 1.78 bits per heavy atom. The molecule has 2 N–H and O–H groups in total. The van der Waals surface area contributed by atoms with E-state index in [9.17, 15) is 14.0 Å². The molecular formula is C29H42FN3O3. The second-order valence-electron chi connectivity index (χ2n) is 8.94. The van der Waals surface area contributed by atoms with Gasteiger partial charge in [0.05, 0.1) is 18.2 Å². The zero-order valence-corrected chi connectivity index (χ0v) is 22.2. The van der Waals surface area contributed by atoms with Crippen LogP contribution < -0.4 is 10.6 Å². The number of benzene rings is 2. The van der Waals surface area contributed by atoms with Crippen LogP contribution in [0.2, 0.25) is 0 Å². The van der Waals surface area contributed by atoms with Crippen molar-refractivity contribution in [2.24, 2.45) is 0 Å². The predicted molar refractivity (Wildman–Crippen MR) is 143 cm³/mol. The molecule has 1 aliphatic heterocycles. The lowest BCUT2D eigenvalue weighted by Crippen LogP contribution is -2.38. The zero-order chi connectivity index (χ0) is 26.3. The molecule has 0 aromatic heterocycles. The highest BCUT2D eigenvalue weighted by Crippen LogP contribution is 2.22. The molecule has 4 rings (SSSR count). The van der Waals surface area contributed by atoms with Crippen molar-refractivity contribution in [2.45, 2.75) is 65.0 Å². The first-order valence-electron chi connectivity index (χ1n) is 13.1. The normalized spacial score (nSPS) is 16.4. The summed E-state index contributed by atoms with van der Waals surface area (Å²) in [6, 6.07) is 14.8. The number of methoxy groups -OCH3 is 1. The van der Waals surface area contributed by atoms with Gasteiger partial charge in [-0.1, -0.05) is 49.7 Å². The van der Waals surface area contributed by atoms with E-state index in [1.54, 1.807) is 12.0 Å². The van der Waals surface area contributed by atoms with E-state index >= 15 is 0 Å². The number of rotatable bonds is 9. The van der Waals surface area contributed by atoms with Crippen molar-refractivity contribution in [3.63, 3.8) is 0 Å². The average Bonchev–Trinajstić information content (AvgIpc) is 3.61. The number of carbonyl (C=O) groups excluding carboxylic acids is 2. The molecule has 1 heterocycles. The number of nitrogens with zero attached hydrogens (tertiary/aromatic N) is 1. The second-order valence-corrected chi connectivity index (χ2v) is 8.94. The first-order valence-corrected chi connectivity index (χ1v) is 13.1. The topological polar surface area (TPSA) is 70.7 Å². The summed E-state index contributed by atoms with van der Waals surface area (Å²) in [5.41, 5.74) is 1.57. The molecule has 2 aromatic rings. The first kappa shape index (κ1) is 29.5. The molecule has 1 saturated carbocycles. The summed E-state index contributed by atoms with van der Waals surface area (Å²) < 4.78 is 19.4. The van der Waals surface area contributed by atoms with Crippen LogP contribution in [0.4, 0.5) is 4.39 Å². The Morgan fingerprint density at radius 3 is 2.39 bits per heavy atom. The Labute approximate surface area is 215 Å². The third-order valence-electron chi connectivity index (χ3n) is 6.05. The average molecular weight is 500 g/mol. The van der Waals surface area contributed by atoms with Crippen molar-refractivity contribution in [1.82, 2.24) is 15.5 Å². The minimum atomic E-state index is -0.603. The van der Waals surface area contributed by atoms with Crippen LogP contribution in [0, 0.1) is 12.7 Å². The van der Waals surface area contributed by atoms with Gasteiger partial charge in [-0.25, -0.2) is 4.39 Å². The quantitative estimate of drug-likeness (QED) is 0.478. The van der Waals surface area contributed by atoms with Crippen LogP contribution in [0.25, 0.3) is 0 Å². The number of likely N-dealkylation sites (tertiary alicyclic amines) is 1. The standard InChI is InChI=1S/C20H28FN3O3.C7H8.C2H6/c1-27-13-16-4-2-11-24(16)20(26)17-12-14(5-8-18(17)21)19(25)23-10-3-9-22-15-6-7-15;1-7-5-3-2-4-6-7;1-2/h5,8,12,15-16,22H,2-4,6-7,9-11,13H2,1H3,(H,23,25);2-6H,1H3;1-2H3. The maximum absolute atomic E-state index is 14.3. The summed E-state index contributed by atoms with van der Waals surface area (Å²) in [5.74, 6) is -1.27. The van der Waals surface area contributed by atoms with Gasteiger partial charge in [0.25, 0.3) is 11.8 Å². The Balaban J connectivity index is 0.000000431. The van der Waals surface area contributed by atoms with E-state index in [0.29, 0.717) is 31.3 Å². The number of carbonyl (C=O) groups is 2. The second kappa shape index (κ2) is 16.1. The Morgan fingerprint density at radius 1 is 1.06 bits per heavy atom. The Hall–Kier alpha value is -2.77. The van der Waals surface area contributed by atoms with Gasteiger partial charge >= 0.3 is 0 Å². The highest BCUT2D eigenvalue weighted by atomic mass is 19.1. The lowest BCUT2D eigenvalue weighted by atomic mass is 10.1. The molecule has 1 aliphatic carbocycles. The summed E-state index contributed by atoms with van der Waals surface area (Å²) in [7, 11) is 1.59. The molecule has 7 heteroatoms. The molecule has 0 radical (unpaired) electrons. The van der Waals surface area contributed by atoms with Gasteiger partial charge in [0.2, 0.25) is 0 Å². The number of amides is 2. The van der Waals surface area contributed by atoms with Crippen LogP contribution in [0.1, 0.15) is 72.2 Å². The fourth-order valence-corrected chi connectivity index (χ4v) is 3.97. The van der Waals surface area contributed by atoms with Gasteiger partial charge in [-0.15, -0.1) is 0 Å². The minimum Gasteiger partial charge on any atom is -0.383 e. The fourth-order valence-electron chi connectivity index (χ4n) is 3.97. The molecule has 0 spiro atoms. The van der Waals surface area contributed by atoms with E-state index in [4.69, 9.17) is 4.74 Å². The third kappa shape index (κ3) is 9.70. The van der Waals surface area contributed by atoms with Crippen molar-refractivity contribution in [2.75, 3.05) is 33.4 Å². The van der Waals surface area contributed by atoms with Crippen LogP contribution >= 0.6 is 0 Å². The highest BCUT2D eigenvalue weighted by molar-refractivity contribution is 6.00. The van der Waals surface area contributed by atoms with Crippen molar-refractivity contribution in [1.29, 1.82) is 0 Å². The number of halogens is 1. The molecule has 0 bridgehead atoms. The largest absolute Gasteiger partial charge is 0.383 e. The van der Waals surface area contributed by atoms with E-state index < -0.39 is 5.82 Å². The smallest absolute Gasteiger partial charge is 0.257 e. The SMILES string of the molecule is CC.COCC1CCCN1C(=O)c1cc(C(=O)NCCCNC2CC2)ccc1F.Cc1ccccc1. The summed E-state index contributed by atoms with van der Waals surface area (Å²) in [4.78, 5) is 26.8. The molecule has 2 aliphatic rings. The third-order valence-corrected chi connectivity index (χ3v) is 6.05. The van der Waals surface area contributed by atoms with Crippen molar-refractivity contribution < 1.29 is 18.7 Å². The van der Waals surface area contributed by atoms with Gasteiger partial charge in [-0.3, -0.25) is 9.59 Å². The van der Waals surface area contributed by atoms with Gasteiger partial charge in [-0.05, 0) is 63.8 Å². The van der Waals surface area contributed by atoms with Crippen molar-refractivity contribution >= 4 is 11.8 Å². The van der Waals surface area contributed by atoms with Gasteiger partial charge in [0, 0.05) is 31.8 Å². The zero-order valence-electron chi connectivity index (χ0n) is 22.2. The molecule has 1 unspecified atom stereocenters. The highest BCUT2D eigenvalue weighted by Gasteiger charge is 2.31. The number of hydrogen-bond donors (Lipinski definition) is 2. The summed E-state index contributed by atoms with van der Waals surface area (Å²) in [6.07, 6.45) is 5.02. The van der Waals surface area contributed by atoms with Crippen LogP contribution in [-0.2, 0) is 4.74 Å². The van der Waals surface area contributed by atoms with Gasteiger partial charge < -0.3 is 20.3 Å². The Bertz CT molecular complexity index is 935. The molecule has 6 nitrogen and oxygen atoms in total. The van der Waals surface area contributed by atoms with Crippen molar-refractivity contribution in [3.05, 3.63) is 71.0 Å². The summed E-state index contributed by atoms with van der Waals surface area (Å²) in [5, 5.41) is 6.22. The molecule has 2 amide bonds. The van der Waals surface area contributed by atoms with E-state index in [1.807, 2.05) is 32.0 Å². The molecule has 2 aromatic carbocycles. The fraction of sp³-hybridized carbons (Fsp3) is 0.517. The maximum atomic E-state index is 14.3. The van der Waals surface area contributed by atoms with Crippen LogP contribution in [0.3, 0.4) is 0 Å². The molecule has 1 atom stereocenters. The maximum Gasteiger partial charge on any atom is 0.257 e. The summed E-state index contributed by atoms with van der Waals surface area (Å²) >= 11 is 0. The van der Waals surface area contributed by atoms with Crippen molar-refractivity contribution in [3.8, 4) is 0 Å². The molecular weight excluding hydrogens is 457 g/mol. The molecule has 2 fully saturated rings. The first-order chi connectivity index (χ1) is 17.5. The van der Waals surface area contributed by atoms with E-state index in [2.05, 4.69) is 29.7 Å². The van der Waals surface area contributed by atoms with Crippen LogP contribution in [0.15, 0.2) is 48.5 Å². The summed E-state index contributed by atoms with van der Waals surface area (Å²) in [6.45, 7) is 8.51. The van der Waals surface area contributed by atoms with Crippen LogP contribution in [0.5, 0.6) is 0 Å². The minimum absolute atomic E-state index is 0.0432. The van der Waals surface area contributed by atoms with Gasteiger partial charge in [0.15, 0.2) is 0 Å². The van der Waals surface area contributed by atoms with E-state index in [1.165, 1.54) is 36.6 Å². The lowest BCUT2D eigenvalue weighted by Gasteiger charge is -2.24.